The number of hydrogen-bond donors (Lipinski definition) is 0. The van der Waals surface area contributed by atoms with Crippen LogP contribution in [-0.2, 0) is 4.74 Å². The number of morpholine rings is 1. The maximum atomic E-state index is 14.0. The van der Waals surface area contributed by atoms with E-state index in [0.717, 1.165) is 13.1 Å². The maximum Gasteiger partial charge on any atom is 0.195 e. The van der Waals surface area contributed by atoms with Gasteiger partial charge < -0.3 is 9.47 Å². The van der Waals surface area contributed by atoms with Crippen molar-refractivity contribution in [3.63, 3.8) is 0 Å². The number of nitrogens with zero attached hydrogens (tertiary/aromatic N) is 1. The summed E-state index contributed by atoms with van der Waals surface area (Å²) < 4.78 is 24.4. The molecule has 5 heteroatoms. The van der Waals surface area contributed by atoms with E-state index in [-0.39, 0.29) is 17.1 Å². The Labute approximate surface area is 112 Å². The summed E-state index contributed by atoms with van der Waals surface area (Å²) in [6.45, 7) is 4.69. The van der Waals surface area contributed by atoms with Gasteiger partial charge >= 0.3 is 0 Å². The summed E-state index contributed by atoms with van der Waals surface area (Å²) in [6, 6.07) is 4.57. The van der Waals surface area contributed by atoms with Gasteiger partial charge in [0, 0.05) is 13.1 Å². The fourth-order valence-electron chi connectivity index (χ4n) is 2.18. The molecule has 1 aromatic carbocycles. The van der Waals surface area contributed by atoms with Crippen molar-refractivity contribution >= 4 is 5.78 Å². The van der Waals surface area contributed by atoms with E-state index in [1.54, 1.807) is 6.07 Å². The van der Waals surface area contributed by atoms with E-state index in [2.05, 4.69) is 4.90 Å². The molecular formula is C14H18FNO3. The molecule has 1 unspecified atom stereocenters. The number of halogens is 1. The van der Waals surface area contributed by atoms with Gasteiger partial charge in [0.15, 0.2) is 17.3 Å². The van der Waals surface area contributed by atoms with E-state index in [1.807, 2.05) is 6.92 Å². The number of likely N-dealkylation sites (N-methyl/N-ethyl adjacent to an activating group) is 1. The maximum absolute atomic E-state index is 14.0. The number of benzene rings is 1. The summed E-state index contributed by atoms with van der Waals surface area (Å²) in [5.41, 5.74) is 0.0299. The normalized spacial score (nSPS) is 20.3. The predicted octanol–water partition coefficient (Wildman–Crippen LogP) is 1.74. The van der Waals surface area contributed by atoms with E-state index >= 15 is 0 Å². The van der Waals surface area contributed by atoms with Gasteiger partial charge in [0.05, 0.1) is 19.3 Å². The van der Waals surface area contributed by atoms with Crippen LogP contribution in [0.25, 0.3) is 0 Å². The first-order valence-corrected chi connectivity index (χ1v) is 6.38. The quantitative estimate of drug-likeness (QED) is 0.779. The molecule has 0 aromatic heterocycles. The lowest BCUT2D eigenvalue weighted by Crippen LogP contribution is -2.46. The van der Waals surface area contributed by atoms with Crippen molar-refractivity contribution in [1.82, 2.24) is 4.90 Å². The van der Waals surface area contributed by atoms with Gasteiger partial charge in [-0.3, -0.25) is 9.69 Å². The van der Waals surface area contributed by atoms with Crippen LogP contribution in [0.1, 0.15) is 17.3 Å². The van der Waals surface area contributed by atoms with Crippen LogP contribution in [0.3, 0.4) is 0 Å². The van der Waals surface area contributed by atoms with E-state index in [9.17, 15) is 9.18 Å². The Morgan fingerprint density at radius 2 is 2.37 bits per heavy atom. The number of hydrogen-bond acceptors (Lipinski definition) is 4. The van der Waals surface area contributed by atoms with Crippen molar-refractivity contribution in [2.75, 3.05) is 33.4 Å². The second kappa shape index (κ2) is 6.12. The Morgan fingerprint density at radius 3 is 3.05 bits per heavy atom. The van der Waals surface area contributed by atoms with Crippen LogP contribution in [0.5, 0.6) is 5.75 Å². The van der Waals surface area contributed by atoms with E-state index in [0.29, 0.717) is 13.2 Å². The van der Waals surface area contributed by atoms with Gasteiger partial charge in [-0.15, -0.1) is 0 Å². The van der Waals surface area contributed by atoms with Gasteiger partial charge in [0.25, 0.3) is 0 Å². The van der Waals surface area contributed by atoms with Gasteiger partial charge in [-0.2, -0.15) is 0 Å². The molecule has 0 amide bonds. The highest BCUT2D eigenvalue weighted by Crippen LogP contribution is 2.22. The summed E-state index contributed by atoms with van der Waals surface area (Å²) in [6.07, 6.45) is -0.602. The van der Waals surface area contributed by atoms with Crippen LogP contribution in [-0.4, -0.2) is 50.1 Å². The average Bonchev–Trinajstić information content (AvgIpc) is 2.47. The van der Waals surface area contributed by atoms with E-state index < -0.39 is 11.9 Å². The lowest BCUT2D eigenvalue weighted by molar-refractivity contribution is -0.0150. The minimum absolute atomic E-state index is 0.0299. The predicted molar refractivity (Wildman–Crippen MR) is 69.1 cm³/mol. The molecule has 0 N–H and O–H groups in total. The minimum Gasteiger partial charge on any atom is -0.494 e. The molecule has 0 saturated carbocycles. The summed E-state index contributed by atoms with van der Waals surface area (Å²) in [5.74, 6) is -0.865. The first kappa shape index (κ1) is 14.0. The number of ketones is 1. The molecule has 1 aromatic rings. The number of carbonyl (C=O) groups is 1. The molecule has 2 rings (SSSR count). The van der Waals surface area contributed by atoms with Gasteiger partial charge in [-0.25, -0.2) is 4.39 Å². The Balaban J connectivity index is 2.19. The van der Waals surface area contributed by atoms with Crippen LogP contribution in [0.2, 0.25) is 0 Å². The SMILES string of the molecule is CCN1CCOC(C(=O)c2cccc(OC)c2F)C1. The molecule has 1 fully saturated rings. The third-order valence-corrected chi connectivity index (χ3v) is 3.34. The largest absolute Gasteiger partial charge is 0.494 e. The Hall–Kier alpha value is -1.46. The number of carbonyl (C=O) groups excluding carboxylic acids is 1. The molecule has 0 spiro atoms. The first-order valence-electron chi connectivity index (χ1n) is 6.38. The molecule has 1 atom stereocenters. The number of rotatable bonds is 4. The molecule has 1 saturated heterocycles. The van der Waals surface area contributed by atoms with Crippen molar-refractivity contribution in [3.05, 3.63) is 29.6 Å². The molecule has 0 radical (unpaired) electrons. The van der Waals surface area contributed by atoms with Crippen LogP contribution in [0, 0.1) is 5.82 Å². The second-order valence-corrected chi connectivity index (χ2v) is 4.44. The van der Waals surface area contributed by atoms with Gasteiger partial charge in [-0.1, -0.05) is 13.0 Å². The molecule has 19 heavy (non-hydrogen) atoms. The van der Waals surface area contributed by atoms with E-state index in [4.69, 9.17) is 9.47 Å². The topological polar surface area (TPSA) is 38.8 Å². The molecule has 104 valence electrons. The van der Waals surface area contributed by atoms with Gasteiger partial charge in [-0.05, 0) is 18.7 Å². The molecule has 1 aliphatic rings. The summed E-state index contributed by atoms with van der Waals surface area (Å²) in [5, 5.41) is 0. The van der Waals surface area contributed by atoms with Crippen LogP contribution in [0.15, 0.2) is 18.2 Å². The Kier molecular flexibility index (Phi) is 4.50. The molecule has 0 bridgehead atoms. The zero-order valence-corrected chi connectivity index (χ0v) is 11.2. The number of ether oxygens (including phenoxy) is 2. The second-order valence-electron chi connectivity index (χ2n) is 4.44. The number of Topliss-reactive ketones (excluding diaryl/α,β-unsaturated/α-hetero) is 1. The van der Waals surface area contributed by atoms with Crippen molar-refractivity contribution < 1.29 is 18.7 Å². The van der Waals surface area contributed by atoms with Crippen molar-refractivity contribution in [2.24, 2.45) is 0 Å². The minimum atomic E-state index is -0.618. The Bertz CT molecular complexity index is 464. The van der Waals surface area contributed by atoms with Crippen LogP contribution in [0.4, 0.5) is 4.39 Å². The van der Waals surface area contributed by atoms with Crippen molar-refractivity contribution in [1.29, 1.82) is 0 Å². The van der Waals surface area contributed by atoms with Gasteiger partial charge in [0.2, 0.25) is 0 Å². The highest BCUT2D eigenvalue weighted by Gasteiger charge is 2.29. The lowest BCUT2D eigenvalue weighted by atomic mass is 10.0. The molecule has 1 aliphatic heterocycles. The lowest BCUT2D eigenvalue weighted by Gasteiger charge is -2.31. The summed E-state index contributed by atoms with van der Waals surface area (Å²) in [4.78, 5) is 14.4. The monoisotopic (exact) mass is 267 g/mol. The van der Waals surface area contributed by atoms with Crippen LogP contribution < -0.4 is 4.74 Å². The first-order chi connectivity index (χ1) is 9.17. The standard InChI is InChI=1S/C14H18FNO3/c1-3-16-7-8-19-12(9-16)14(17)10-5-4-6-11(18-2)13(10)15/h4-6,12H,3,7-9H2,1-2H3. The van der Waals surface area contributed by atoms with Gasteiger partial charge in [0.1, 0.15) is 6.10 Å². The van der Waals surface area contributed by atoms with Crippen LogP contribution >= 0.6 is 0 Å². The van der Waals surface area contributed by atoms with Crippen molar-refractivity contribution in [3.8, 4) is 5.75 Å². The Morgan fingerprint density at radius 1 is 1.58 bits per heavy atom. The fraction of sp³-hybridized carbons (Fsp3) is 0.500. The molecule has 0 aliphatic carbocycles. The third-order valence-electron chi connectivity index (χ3n) is 3.34. The molecular weight excluding hydrogens is 249 g/mol. The third kappa shape index (κ3) is 2.93. The van der Waals surface area contributed by atoms with E-state index in [1.165, 1.54) is 19.2 Å². The van der Waals surface area contributed by atoms with Crippen molar-refractivity contribution in [2.45, 2.75) is 13.0 Å². The summed E-state index contributed by atoms with van der Waals surface area (Å²) >= 11 is 0. The molecule has 4 nitrogen and oxygen atoms in total. The highest BCUT2D eigenvalue weighted by atomic mass is 19.1. The fourth-order valence-corrected chi connectivity index (χ4v) is 2.18. The average molecular weight is 267 g/mol. The zero-order valence-electron chi connectivity index (χ0n) is 11.2. The summed E-state index contributed by atoms with van der Waals surface area (Å²) in [7, 11) is 1.38. The highest BCUT2D eigenvalue weighted by molar-refractivity contribution is 6.00. The number of methoxy groups -OCH3 is 1. The molecule has 1 heterocycles. The zero-order chi connectivity index (χ0) is 13.8. The smallest absolute Gasteiger partial charge is 0.195 e.